The Balaban J connectivity index is 2.05. The molecule has 23 heavy (non-hydrogen) atoms. The summed E-state index contributed by atoms with van der Waals surface area (Å²) in [5.74, 6) is -0.176. The van der Waals surface area contributed by atoms with Crippen LogP contribution in [0.2, 0.25) is 0 Å². The van der Waals surface area contributed by atoms with Crippen molar-refractivity contribution in [1.82, 2.24) is 19.8 Å². The van der Waals surface area contributed by atoms with E-state index in [9.17, 15) is 9.59 Å². The van der Waals surface area contributed by atoms with E-state index in [1.165, 1.54) is 18.7 Å². The lowest BCUT2D eigenvalue weighted by Crippen LogP contribution is -2.59. The van der Waals surface area contributed by atoms with Crippen molar-refractivity contribution in [1.29, 1.82) is 0 Å². The Labute approximate surface area is 135 Å². The van der Waals surface area contributed by atoms with Crippen LogP contribution >= 0.6 is 0 Å². The Bertz CT molecular complexity index is 558. The third kappa shape index (κ3) is 4.38. The molecule has 0 saturated carbocycles. The molecule has 1 atom stereocenters. The van der Waals surface area contributed by atoms with Crippen LogP contribution in [-0.2, 0) is 4.74 Å². The summed E-state index contributed by atoms with van der Waals surface area (Å²) in [6.45, 7) is 6.88. The number of rotatable bonds is 2. The maximum absolute atomic E-state index is 12.5. The molecule has 0 radical (unpaired) electrons. The zero-order chi connectivity index (χ0) is 17.0. The van der Waals surface area contributed by atoms with E-state index in [2.05, 4.69) is 9.97 Å². The van der Waals surface area contributed by atoms with Crippen molar-refractivity contribution in [3.8, 4) is 0 Å². The predicted molar refractivity (Wildman–Crippen MR) is 83.7 cm³/mol. The first-order valence-electron chi connectivity index (χ1n) is 7.56. The zero-order valence-corrected chi connectivity index (χ0v) is 13.7. The van der Waals surface area contributed by atoms with E-state index in [0.717, 1.165) is 0 Å². The Kier molecular flexibility index (Phi) is 5.15. The number of hydrogen-bond acceptors (Lipinski definition) is 6. The monoisotopic (exact) mass is 321 g/mol. The van der Waals surface area contributed by atoms with Crippen molar-refractivity contribution in [3.63, 3.8) is 0 Å². The number of carbonyl (C=O) groups excluding carboxylic acids is 2. The molecule has 2 rings (SSSR count). The summed E-state index contributed by atoms with van der Waals surface area (Å²) in [4.78, 5) is 35.7. The van der Waals surface area contributed by atoms with E-state index in [0.29, 0.717) is 25.2 Å². The molecular weight excluding hydrogens is 298 g/mol. The number of hydrogen-bond donors (Lipinski definition) is 1. The topological polar surface area (TPSA) is 102 Å². The van der Waals surface area contributed by atoms with Crippen molar-refractivity contribution < 1.29 is 14.3 Å². The van der Waals surface area contributed by atoms with Gasteiger partial charge in [-0.15, -0.1) is 0 Å². The fourth-order valence-electron chi connectivity index (χ4n) is 2.39. The summed E-state index contributed by atoms with van der Waals surface area (Å²) in [6, 6.07) is -0.260. The molecule has 126 valence electrons. The van der Waals surface area contributed by atoms with Gasteiger partial charge in [-0.1, -0.05) is 0 Å². The van der Waals surface area contributed by atoms with Gasteiger partial charge >= 0.3 is 6.09 Å². The maximum Gasteiger partial charge on any atom is 0.410 e. The number of nitrogens with zero attached hydrogens (tertiary/aromatic N) is 4. The maximum atomic E-state index is 12.5. The quantitative estimate of drug-likeness (QED) is 0.851. The molecule has 1 fully saturated rings. The van der Waals surface area contributed by atoms with Gasteiger partial charge < -0.3 is 20.3 Å². The van der Waals surface area contributed by atoms with Gasteiger partial charge in [0.15, 0.2) is 0 Å². The van der Waals surface area contributed by atoms with Gasteiger partial charge in [-0.3, -0.25) is 4.79 Å². The normalized spacial score (nSPS) is 18.7. The Morgan fingerprint density at radius 2 is 1.96 bits per heavy atom. The molecule has 2 heterocycles. The zero-order valence-electron chi connectivity index (χ0n) is 13.7. The minimum absolute atomic E-state index is 0.176. The largest absolute Gasteiger partial charge is 0.444 e. The van der Waals surface area contributed by atoms with Crippen molar-refractivity contribution in [2.75, 3.05) is 26.2 Å². The molecule has 1 saturated heterocycles. The van der Waals surface area contributed by atoms with Crippen LogP contribution in [0.25, 0.3) is 0 Å². The molecule has 8 heteroatoms. The average Bonchev–Trinajstić information content (AvgIpc) is 2.52. The van der Waals surface area contributed by atoms with Crippen LogP contribution in [0.4, 0.5) is 4.79 Å². The van der Waals surface area contributed by atoms with Crippen molar-refractivity contribution in [2.45, 2.75) is 32.4 Å². The third-order valence-corrected chi connectivity index (χ3v) is 3.47. The van der Waals surface area contributed by atoms with E-state index in [1.54, 1.807) is 9.80 Å². The van der Waals surface area contributed by atoms with Crippen LogP contribution in [0.3, 0.4) is 0 Å². The number of piperazine rings is 1. The fourth-order valence-corrected chi connectivity index (χ4v) is 2.39. The highest BCUT2D eigenvalue weighted by molar-refractivity contribution is 5.94. The molecule has 8 nitrogen and oxygen atoms in total. The fraction of sp³-hybridized carbons (Fsp3) is 0.600. The number of aromatic nitrogens is 2. The lowest BCUT2D eigenvalue weighted by atomic mass is 10.1. The molecule has 2 amide bonds. The van der Waals surface area contributed by atoms with E-state index >= 15 is 0 Å². The van der Waals surface area contributed by atoms with Crippen LogP contribution in [0.15, 0.2) is 18.7 Å². The average molecular weight is 321 g/mol. The molecule has 2 N–H and O–H groups in total. The number of ether oxygens (including phenoxy) is 1. The molecule has 1 aliphatic rings. The molecule has 1 aromatic rings. The predicted octanol–water partition coefficient (Wildman–Crippen LogP) is 0.497. The number of amides is 2. The molecule has 0 bridgehead atoms. The summed E-state index contributed by atoms with van der Waals surface area (Å²) in [5, 5.41) is 0. The number of nitrogens with two attached hydrogens (primary N) is 1. The van der Waals surface area contributed by atoms with Gasteiger partial charge in [0.05, 0.1) is 11.6 Å². The molecule has 1 aromatic heterocycles. The smallest absolute Gasteiger partial charge is 0.410 e. The van der Waals surface area contributed by atoms with Gasteiger partial charge in [0.1, 0.15) is 11.9 Å². The van der Waals surface area contributed by atoms with Gasteiger partial charge in [0.25, 0.3) is 5.91 Å². The molecule has 0 spiro atoms. The lowest BCUT2D eigenvalue weighted by Gasteiger charge is -2.41. The highest BCUT2D eigenvalue weighted by Crippen LogP contribution is 2.16. The summed E-state index contributed by atoms with van der Waals surface area (Å²) in [7, 11) is 0. The summed E-state index contributed by atoms with van der Waals surface area (Å²) in [5.41, 5.74) is 5.66. The number of carbonyl (C=O) groups is 2. The molecule has 1 unspecified atom stereocenters. The van der Waals surface area contributed by atoms with E-state index in [4.69, 9.17) is 10.5 Å². The van der Waals surface area contributed by atoms with Gasteiger partial charge in [-0.25, -0.2) is 14.8 Å². The SMILES string of the molecule is CC(C)(C)OC(=O)N1CCN(C(=O)c2cncnc2)C(CN)C1. The first-order chi connectivity index (χ1) is 10.8. The Morgan fingerprint density at radius 3 is 2.52 bits per heavy atom. The summed E-state index contributed by atoms with van der Waals surface area (Å²) in [6.07, 6.45) is 3.94. The van der Waals surface area contributed by atoms with Gasteiger partial charge in [0, 0.05) is 38.6 Å². The highest BCUT2D eigenvalue weighted by atomic mass is 16.6. The minimum atomic E-state index is -0.552. The van der Waals surface area contributed by atoms with Crippen LogP contribution in [-0.4, -0.2) is 69.6 Å². The van der Waals surface area contributed by atoms with E-state index < -0.39 is 5.60 Å². The van der Waals surface area contributed by atoms with Crippen LogP contribution in [0.1, 0.15) is 31.1 Å². The summed E-state index contributed by atoms with van der Waals surface area (Å²) < 4.78 is 5.37. The van der Waals surface area contributed by atoms with Crippen molar-refractivity contribution in [2.24, 2.45) is 5.73 Å². The van der Waals surface area contributed by atoms with E-state index in [-0.39, 0.29) is 24.6 Å². The van der Waals surface area contributed by atoms with Crippen LogP contribution in [0, 0.1) is 0 Å². The minimum Gasteiger partial charge on any atom is -0.444 e. The molecule has 0 aliphatic carbocycles. The summed E-state index contributed by atoms with van der Waals surface area (Å²) >= 11 is 0. The standard InChI is InChI=1S/C15H23N5O3/c1-15(2,3)23-14(22)19-4-5-20(12(6-16)9-19)13(21)11-7-17-10-18-8-11/h7-8,10,12H,4-6,9,16H2,1-3H3. The lowest BCUT2D eigenvalue weighted by molar-refractivity contribution is 0.00526. The highest BCUT2D eigenvalue weighted by Gasteiger charge is 2.34. The van der Waals surface area contributed by atoms with Crippen molar-refractivity contribution >= 4 is 12.0 Å². The second kappa shape index (κ2) is 6.91. The first-order valence-corrected chi connectivity index (χ1v) is 7.56. The second-order valence-electron chi connectivity index (χ2n) is 6.44. The van der Waals surface area contributed by atoms with Crippen molar-refractivity contribution in [3.05, 3.63) is 24.3 Å². The van der Waals surface area contributed by atoms with Gasteiger partial charge in [-0.2, -0.15) is 0 Å². The molecule has 1 aliphatic heterocycles. The Morgan fingerprint density at radius 1 is 1.30 bits per heavy atom. The molecular formula is C15H23N5O3. The van der Waals surface area contributed by atoms with Gasteiger partial charge in [0.2, 0.25) is 0 Å². The first kappa shape index (κ1) is 17.1. The van der Waals surface area contributed by atoms with Crippen LogP contribution in [0.5, 0.6) is 0 Å². The van der Waals surface area contributed by atoms with Gasteiger partial charge in [-0.05, 0) is 20.8 Å². The van der Waals surface area contributed by atoms with Crippen LogP contribution < -0.4 is 5.73 Å². The van der Waals surface area contributed by atoms with E-state index in [1.807, 2.05) is 20.8 Å². The second-order valence-corrected chi connectivity index (χ2v) is 6.44. The molecule has 0 aromatic carbocycles. The third-order valence-electron chi connectivity index (χ3n) is 3.47. The Hall–Kier alpha value is -2.22.